The minimum absolute atomic E-state index is 0.0716. The lowest BCUT2D eigenvalue weighted by molar-refractivity contribution is -0.132. The van der Waals surface area contributed by atoms with E-state index in [-0.39, 0.29) is 11.8 Å². The Labute approximate surface area is 190 Å². The van der Waals surface area contributed by atoms with Gasteiger partial charge in [0.2, 0.25) is 5.91 Å². The molecule has 1 aliphatic rings. The molecule has 0 radical (unpaired) electrons. The van der Waals surface area contributed by atoms with Crippen LogP contribution in [0, 0.1) is 13.8 Å². The highest BCUT2D eigenvalue weighted by molar-refractivity contribution is 6.05. The summed E-state index contributed by atoms with van der Waals surface area (Å²) in [4.78, 5) is 28.3. The van der Waals surface area contributed by atoms with Crippen molar-refractivity contribution < 1.29 is 9.59 Å². The zero-order chi connectivity index (χ0) is 22.7. The monoisotopic (exact) mass is 426 g/mol. The predicted molar refractivity (Wildman–Crippen MR) is 129 cm³/mol. The first kappa shape index (κ1) is 21.8. The van der Waals surface area contributed by atoms with Gasteiger partial charge in [0.15, 0.2) is 0 Å². The van der Waals surface area contributed by atoms with Crippen molar-refractivity contribution in [3.05, 3.63) is 101 Å². The standard InChI is InChI=1S/C28H30N2O2/c1-20-13-16-24(19-21(20)2)29-27(32)28(3)17-18-30(28)26(31)25-12-8-7-11-23(25)15-14-22-9-5-4-6-10-22/h4-13,16,19H,14-15,17-18H2,1-3H3,(H,29,32). The van der Waals surface area contributed by atoms with Gasteiger partial charge in [0, 0.05) is 17.8 Å². The van der Waals surface area contributed by atoms with E-state index in [1.54, 1.807) is 4.90 Å². The van der Waals surface area contributed by atoms with Crippen LogP contribution >= 0.6 is 0 Å². The Morgan fingerprint density at radius 1 is 0.906 bits per heavy atom. The van der Waals surface area contributed by atoms with Crippen molar-refractivity contribution in [3.8, 4) is 0 Å². The average Bonchev–Trinajstić information content (AvgIpc) is 2.79. The van der Waals surface area contributed by atoms with E-state index in [1.807, 2.05) is 81.4 Å². The van der Waals surface area contributed by atoms with Gasteiger partial charge in [0.05, 0.1) is 0 Å². The zero-order valence-electron chi connectivity index (χ0n) is 19.0. The number of nitrogens with zero attached hydrogens (tertiary/aromatic N) is 1. The molecule has 32 heavy (non-hydrogen) atoms. The van der Waals surface area contributed by atoms with E-state index in [1.165, 1.54) is 11.1 Å². The van der Waals surface area contributed by atoms with Crippen LogP contribution in [0.15, 0.2) is 72.8 Å². The number of rotatable bonds is 6. The molecule has 1 fully saturated rings. The summed E-state index contributed by atoms with van der Waals surface area (Å²) in [5.41, 5.74) is 5.18. The van der Waals surface area contributed by atoms with Crippen LogP contribution in [0.2, 0.25) is 0 Å². The number of amides is 2. The second-order valence-corrected chi connectivity index (χ2v) is 8.88. The first-order chi connectivity index (χ1) is 15.4. The number of hydrogen-bond donors (Lipinski definition) is 1. The third-order valence-corrected chi connectivity index (χ3v) is 6.69. The molecule has 1 unspecified atom stereocenters. The van der Waals surface area contributed by atoms with Gasteiger partial charge < -0.3 is 10.2 Å². The quantitative estimate of drug-likeness (QED) is 0.579. The molecule has 2 amide bonds. The van der Waals surface area contributed by atoms with E-state index in [0.717, 1.165) is 29.7 Å². The lowest BCUT2D eigenvalue weighted by atomic mass is 9.84. The van der Waals surface area contributed by atoms with Crippen molar-refractivity contribution in [2.45, 2.75) is 45.6 Å². The topological polar surface area (TPSA) is 49.4 Å². The average molecular weight is 427 g/mol. The van der Waals surface area contributed by atoms with Gasteiger partial charge in [-0.3, -0.25) is 9.59 Å². The van der Waals surface area contributed by atoms with Gasteiger partial charge in [-0.25, -0.2) is 0 Å². The molecule has 4 nitrogen and oxygen atoms in total. The van der Waals surface area contributed by atoms with Gasteiger partial charge >= 0.3 is 0 Å². The van der Waals surface area contributed by atoms with Crippen LogP contribution in [0.4, 0.5) is 5.69 Å². The first-order valence-electron chi connectivity index (χ1n) is 11.2. The highest BCUT2D eigenvalue weighted by atomic mass is 16.2. The number of carbonyl (C=O) groups is 2. The first-order valence-corrected chi connectivity index (χ1v) is 11.2. The van der Waals surface area contributed by atoms with Crippen LogP contribution < -0.4 is 5.32 Å². The van der Waals surface area contributed by atoms with Crippen molar-refractivity contribution >= 4 is 17.5 Å². The molecule has 1 aliphatic heterocycles. The number of anilines is 1. The van der Waals surface area contributed by atoms with E-state index in [0.29, 0.717) is 18.5 Å². The Kier molecular flexibility index (Phi) is 6.13. The minimum atomic E-state index is -0.845. The van der Waals surface area contributed by atoms with E-state index < -0.39 is 5.54 Å². The number of hydrogen-bond acceptors (Lipinski definition) is 2. The SMILES string of the molecule is Cc1ccc(NC(=O)C2(C)CCN2C(=O)c2ccccc2CCc2ccccc2)cc1C. The molecule has 4 rings (SSSR count). The van der Waals surface area contributed by atoms with Crippen molar-refractivity contribution in [2.24, 2.45) is 0 Å². The summed E-state index contributed by atoms with van der Waals surface area (Å²) >= 11 is 0. The van der Waals surface area contributed by atoms with Gasteiger partial charge in [-0.2, -0.15) is 0 Å². The number of carbonyl (C=O) groups excluding carboxylic acids is 2. The fraction of sp³-hybridized carbons (Fsp3) is 0.286. The van der Waals surface area contributed by atoms with Gasteiger partial charge in [0.25, 0.3) is 5.91 Å². The molecule has 3 aromatic rings. The number of aryl methyl sites for hydroxylation is 4. The molecule has 0 aromatic heterocycles. The summed E-state index contributed by atoms with van der Waals surface area (Å²) in [6, 6.07) is 23.9. The smallest absolute Gasteiger partial charge is 0.255 e. The van der Waals surface area contributed by atoms with E-state index in [4.69, 9.17) is 0 Å². The van der Waals surface area contributed by atoms with Crippen LogP contribution in [-0.2, 0) is 17.6 Å². The number of benzene rings is 3. The predicted octanol–water partition coefficient (Wildman–Crippen LogP) is 5.33. The van der Waals surface area contributed by atoms with Gasteiger partial charge in [0.1, 0.15) is 5.54 Å². The molecule has 1 saturated heterocycles. The molecular weight excluding hydrogens is 396 g/mol. The van der Waals surface area contributed by atoms with Crippen LogP contribution in [0.3, 0.4) is 0 Å². The molecule has 0 bridgehead atoms. The lowest BCUT2D eigenvalue weighted by Crippen LogP contribution is -2.66. The van der Waals surface area contributed by atoms with Crippen molar-refractivity contribution in [1.82, 2.24) is 4.90 Å². The molecule has 164 valence electrons. The summed E-state index contributed by atoms with van der Waals surface area (Å²) < 4.78 is 0. The molecular formula is C28H30N2O2. The largest absolute Gasteiger partial charge is 0.324 e. The zero-order valence-corrected chi connectivity index (χ0v) is 19.0. The second-order valence-electron chi connectivity index (χ2n) is 8.88. The molecule has 1 atom stereocenters. The van der Waals surface area contributed by atoms with Gasteiger partial charge in [-0.1, -0.05) is 54.6 Å². The maximum absolute atomic E-state index is 13.5. The summed E-state index contributed by atoms with van der Waals surface area (Å²) in [6.07, 6.45) is 2.31. The summed E-state index contributed by atoms with van der Waals surface area (Å²) in [7, 11) is 0. The maximum Gasteiger partial charge on any atom is 0.255 e. The molecule has 1 heterocycles. The normalized spacial score (nSPS) is 17.5. The van der Waals surface area contributed by atoms with E-state index in [9.17, 15) is 9.59 Å². The van der Waals surface area contributed by atoms with Crippen LogP contribution in [0.5, 0.6) is 0 Å². The van der Waals surface area contributed by atoms with Crippen LogP contribution in [0.1, 0.15) is 46.0 Å². The summed E-state index contributed by atoms with van der Waals surface area (Å²) in [6.45, 7) is 6.52. The Morgan fingerprint density at radius 2 is 1.62 bits per heavy atom. The number of likely N-dealkylation sites (tertiary alicyclic amines) is 1. The summed E-state index contributed by atoms with van der Waals surface area (Å²) in [5, 5.41) is 3.02. The molecule has 0 saturated carbocycles. The van der Waals surface area contributed by atoms with Gasteiger partial charge in [-0.05, 0) is 80.5 Å². The molecule has 3 aromatic carbocycles. The molecule has 4 heteroatoms. The van der Waals surface area contributed by atoms with Crippen LogP contribution in [-0.4, -0.2) is 28.8 Å². The molecule has 0 spiro atoms. The second kappa shape index (κ2) is 8.99. The fourth-order valence-electron chi connectivity index (χ4n) is 4.22. The Morgan fingerprint density at radius 3 is 2.31 bits per heavy atom. The Balaban J connectivity index is 1.49. The van der Waals surface area contributed by atoms with Crippen LogP contribution in [0.25, 0.3) is 0 Å². The summed E-state index contributed by atoms with van der Waals surface area (Å²) in [5.74, 6) is -0.209. The highest BCUT2D eigenvalue weighted by Gasteiger charge is 2.49. The van der Waals surface area contributed by atoms with Gasteiger partial charge in [-0.15, -0.1) is 0 Å². The highest BCUT2D eigenvalue weighted by Crippen LogP contribution is 2.34. The third-order valence-electron chi connectivity index (χ3n) is 6.69. The third kappa shape index (κ3) is 4.31. The van der Waals surface area contributed by atoms with E-state index >= 15 is 0 Å². The lowest BCUT2D eigenvalue weighted by Gasteiger charge is -2.49. The number of nitrogens with one attached hydrogen (secondary N) is 1. The van der Waals surface area contributed by atoms with Crippen molar-refractivity contribution in [2.75, 3.05) is 11.9 Å². The minimum Gasteiger partial charge on any atom is -0.324 e. The molecule has 1 N–H and O–H groups in total. The van der Waals surface area contributed by atoms with E-state index in [2.05, 4.69) is 17.4 Å². The Hall–Kier alpha value is -3.40. The molecule has 0 aliphatic carbocycles. The van der Waals surface area contributed by atoms with Crippen molar-refractivity contribution in [1.29, 1.82) is 0 Å². The Bertz CT molecular complexity index is 1140. The maximum atomic E-state index is 13.5. The fourth-order valence-corrected chi connectivity index (χ4v) is 4.22. The van der Waals surface area contributed by atoms with Crippen molar-refractivity contribution in [3.63, 3.8) is 0 Å².